The normalized spacial score (nSPS) is 22.0. The van der Waals surface area contributed by atoms with E-state index in [1.54, 1.807) is 0 Å². The van der Waals surface area contributed by atoms with Crippen molar-refractivity contribution >= 4 is 17.3 Å². The maximum atomic E-state index is 10.9. The van der Waals surface area contributed by atoms with Gasteiger partial charge in [-0.2, -0.15) is 0 Å². The van der Waals surface area contributed by atoms with Crippen molar-refractivity contribution in [1.29, 1.82) is 0 Å². The van der Waals surface area contributed by atoms with E-state index in [2.05, 4.69) is 40.7 Å². The highest BCUT2D eigenvalue weighted by Gasteiger charge is 2.40. The Balaban J connectivity index is 1.82. The monoisotopic (exact) mass is 388 g/mol. The fourth-order valence-corrected chi connectivity index (χ4v) is 5.94. The molecule has 1 aromatic rings. The minimum absolute atomic E-state index is 0.305. The number of aryl methyl sites for hydroxylation is 1. The van der Waals surface area contributed by atoms with Gasteiger partial charge in [0, 0.05) is 4.91 Å². The molecule has 2 nitrogen and oxygen atoms in total. The van der Waals surface area contributed by atoms with Crippen LogP contribution in [-0.4, -0.2) is 16.5 Å². The molecule has 0 fully saturated rings. The van der Waals surface area contributed by atoms with Crippen LogP contribution in [0.3, 0.4) is 0 Å². The molecule has 2 atom stereocenters. The topological polar surface area (TPSA) is 29.5 Å². The molecular formula is C24H36O2S. The van der Waals surface area contributed by atoms with Crippen molar-refractivity contribution in [2.75, 3.05) is 5.75 Å². The first-order valence-electron chi connectivity index (χ1n) is 10.8. The van der Waals surface area contributed by atoms with E-state index in [0.717, 1.165) is 35.8 Å². The summed E-state index contributed by atoms with van der Waals surface area (Å²) < 4.78 is 6.41. The predicted molar refractivity (Wildman–Crippen MR) is 118 cm³/mol. The van der Waals surface area contributed by atoms with Gasteiger partial charge in [0.1, 0.15) is 17.1 Å². The molecule has 2 unspecified atom stereocenters. The highest BCUT2D eigenvalue weighted by atomic mass is 32.2. The number of ether oxygens (including phenoxy) is 1. The summed E-state index contributed by atoms with van der Waals surface area (Å²) >= 11 is 1.90. The fourth-order valence-electron chi connectivity index (χ4n) is 4.41. The zero-order chi connectivity index (χ0) is 19.6. The largest absolute Gasteiger partial charge is 0.507 e. The number of hydrogen-bond donors (Lipinski definition) is 1. The molecule has 27 heavy (non-hydrogen) atoms. The van der Waals surface area contributed by atoms with Gasteiger partial charge in [-0.25, -0.2) is 0 Å². The van der Waals surface area contributed by atoms with Crippen LogP contribution < -0.4 is 4.74 Å². The molecule has 2 aliphatic heterocycles. The Kier molecular flexibility index (Phi) is 6.50. The Morgan fingerprint density at radius 3 is 2.78 bits per heavy atom. The van der Waals surface area contributed by atoms with Crippen LogP contribution in [0.15, 0.2) is 17.0 Å². The van der Waals surface area contributed by atoms with Gasteiger partial charge < -0.3 is 9.84 Å². The standard InChI is InChI=1S/C24H36O2S/c1-6-7-8-9-16(2)10-11-18-14-19(25)22-20(15-18)26-24(4,5)23-21(22)17(3)12-13-27-23/h14-17,25H,6-13H2,1-5H3. The van der Waals surface area contributed by atoms with Crippen molar-refractivity contribution in [3.05, 3.63) is 28.2 Å². The lowest BCUT2D eigenvalue weighted by Crippen LogP contribution is -2.36. The van der Waals surface area contributed by atoms with Crippen LogP contribution >= 0.6 is 11.8 Å². The molecule has 2 heterocycles. The fraction of sp³-hybridized carbons (Fsp3) is 0.667. The van der Waals surface area contributed by atoms with Gasteiger partial charge in [0.2, 0.25) is 0 Å². The lowest BCUT2D eigenvalue weighted by Gasteiger charge is -2.41. The SMILES string of the molecule is CCCCCC(C)CCc1cc(O)c2c(c1)OC(C)(C)C1=C2C(C)CCS1. The Morgan fingerprint density at radius 2 is 2.04 bits per heavy atom. The molecule has 0 spiro atoms. The molecular weight excluding hydrogens is 352 g/mol. The first-order chi connectivity index (χ1) is 12.8. The van der Waals surface area contributed by atoms with Crippen LogP contribution in [0.25, 0.3) is 5.57 Å². The number of fused-ring (bicyclic) bond motifs is 2. The number of phenols is 1. The minimum atomic E-state index is -0.305. The van der Waals surface area contributed by atoms with Crippen molar-refractivity contribution in [2.24, 2.45) is 11.8 Å². The predicted octanol–water partition coefficient (Wildman–Crippen LogP) is 7.20. The van der Waals surface area contributed by atoms with Crippen LogP contribution in [-0.2, 0) is 6.42 Å². The Bertz CT molecular complexity index is 705. The number of benzene rings is 1. The van der Waals surface area contributed by atoms with Crippen LogP contribution in [0.4, 0.5) is 0 Å². The number of thioether (sulfide) groups is 1. The third kappa shape index (κ3) is 4.50. The first kappa shape index (κ1) is 20.6. The average molecular weight is 389 g/mol. The molecule has 3 heteroatoms. The third-order valence-corrected chi connectivity index (χ3v) is 7.52. The quantitative estimate of drug-likeness (QED) is 0.501. The maximum absolute atomic E-state index is 10.9. The highest BCUT2D eigenvalue weighted by Crippen LogP contribution is 2.54. The maximum Gasteiger partial charge on any atom is 0.134 e. The second-order valence-electron chi connectivity index (χ2n) is 9.02. The lowest BCUT2D eigenvalue weighted by atomic mass is 9.83. The number of unbranched alkanes of at least 4 members (excludes halogenated alkanes) is 2. The van der Waals surface area contributed by atoms with Gasteiger partial charge in [0.25, 0.3) is 0 Å². The van der Waals surface area contributed by atoms with E-state index in [-0.39, 0.29) is 5.60 Å². The van der Waals surface area contributed by atoms with Gasteiger partial charge >= 0.3 is 0 Å². The van der Waals surface area contributed by atoms with E-state index in [9.17, 15) is 5.11 Å². The zero-order valence-corrected chi connectivity index (χ0v) is 18.5. The second kappa shape index (κ2) is 8.51. The number of rotatable bonds is 7. The summed E-state index contributed by atoms with van der Waals surface area (Å²) in [5.74, 6) is 3.62. The Labute approximate surface area is 169 Å². The van der Waals surface area contributed by atoms with Crippen molar-refractivity contribution < 1.29 is 9.84 Å². The Hall–Kier alpha value is -1.09. The Morgan fingerprint density at radius 1 is 1.26 bits per heavy atom. The zero-order valence-electron chi connectivity index (χ0n) is 17.7. The summed E-state index contributed by atoms with van der Waals surface area (Å²) in [7, 11) is 0. The highest BCUT2D eigenvalue weighted by molar-refractivity contribution is 8.03. The van der Waals surface area contributed by atoms with Crippen molar-refractivity contribution in [2.45, 2.75) is 85.2 Å². The molecule has 0 amide bonds. The van der Waals surface area contributed by atoms with Gasteiger partial charge in [-0.1, -0.05) is 46.5 Å². The van der Waals surface area contributed by atoms with Gasteiger partial charge in [-0.15, -0.1) is 11.8 Å². The van der Waals surface area contributed by atoms with Crippen molar-refractivity contribution in [3.8, 4) is 11.5 Å². The summed E-state index contributed by atoms with van der Waals surface area (Å²) in [6, 6.07) is 4.17. The van der Waals surface area contributed by atoms with Gasteiger partial charge in [-0.3, -0.25) is 0 Å². The van der Waals surface area contributed by atoms with Crippen molar-refractivity contribution in [3.63, 3.8) is 0 Å². The summed E-state index contributed by atoms with van der Waals surface area (Å²) in [4.78, 5) is 1.31. The van der Waals surface area contributed by atoms with E-state index < -0.39 is 0 Å². The lowest BCUT2D eigenvalue weighted by molar-refractivity contribution is 0.151. The third-order valence-electron chi connectivity index (χ3n) is 6.08. The number of phenolic OH excluding ortho intramolecular Hbond substituents is 1. The molecule has 0 saturated heterocycles. The molecule has 1 aromatic carbocycles. The number of aromatic hydroxyl groups is 1. The smallest absolute Gasteiger partial charge is 0.134 e. The van der Waals surface area contributed by atoms with Gasteiger partial charge in [0.05, 0.1) is 5.56 Å². The summed E-state index contributed by atoms with van der Waals surface area (Å²) in [5.41, 5.74) is 3.16. The summed E-state index contributed by atoms with van der Waals surface area (Å²) in [6.45, 7) is 11.2. The van der Waals surface area contributed by atoms with Crippen molar-refractivity contribution in [1.82, 2.24) is 0 Å². The van der Waals surface area contributed by atoms with Gasteiger partial charge in [-0.05, 0) is 74.0 Å². The van der Waals surface area contributed by atoms with E-state index in [1.807, 2.05) is 17.8 Å². The average Bonchev–Trinajstić information content (AvgIpc) is 2.60. The van der Waals surface area contributed by atoms with Crippen LogP contribution in [0, 0.1) is 11.8 Å². The molecule has 150 valence electrons. The van der Waals surface area contributed by atoms with Gasteiger partial charge in [0.15, 0.2) is 0 Å². The van der Waals surface area contributed by atoms with E-state index >= 15 is 0 Å². The molecule has 2 aliphatic rings. The van der Waals surface area contributed by atoms with E-state index in [0.29, 0.717) is 11.7 Å². The number of allylic oxidation sites excluding steroid dienone is 1. The van der Waals surface area contributed by atoms with Crippen LogP contribution in [0.2, 0.25) is 0 Å². The second-order valence-corrected chi connectivity index (χ2v) is 10.1. The molecule has 1 N–H and O–H groups in total. The molecule has 0 radical (unpaired) electrons. The molecule has 3 rings (SSSR count). The van der Waals surface area contributed by atoms with Crippen LogP contribution in [0.5, 0.6) is 11.5 Å². The molecule has 0 aromatic heterocycles. The van der Waals surface area contributed by atoms with Crippen LogP contribution in [0.1, 0.15) is 84.3 Å². The van der Waals surface area contributed by atoms with E-state index in [1.165, 1.54) is 48.1 Å². The molecule has 0 saturated carbocycles. The molecule has 0 aliphatic carbocycles. The molecule has 0 bridgehead atoms. The first-order valence-corrected chi connectivity index (χ1v) is 11.7. The minimum Gasteiger partial charge on any atom is -0.507 e. The summed E-state index contributed by atoms with van der Waals surface area (Å²) in [5, 5.41) is 10.9. The summed E-state index contributed by atoms with van der Waals surface area (Å²) in [6.07, 6.45) is 8.60. The number of hydrogen-bond acceptors (Lipinski definition) is 3. The van der Waals surface area contributed by atoms with E-state index in [4.69, 9.17) is 4.74 Å².